The fourth-order valence-corrected chi connectivity index (χ4v) is 2.68. The average Bonchev–Trinajstić information content (AvgIpc) is 2.93. The zero-order valence-corrected chi connectivity index (χ0v) is 15.3. The Hall–Kier alpha value is -1.70. The predicted molar refractivity (Wildman–Crippen MR) is 96.9 cm³/mol. The van der Waals surface area contributed by atoms with Crippen LogP contribution in [0.5, 0.6) is 0 Å². The third-order valence-corrected chi connectivity index (χ3v) is 4.80. The summed E-state index contributed by atoms with van der Waals surface area (Å²) in [5.74, 6) is 0.579. The molecule has 2 N–H and O–H groups in total. The van der Waals surface area contributed by atoms with Crippen molar-refractivity contribution < 1.29 is 14.1 Å². The highest BCUT2D eigenvalue weighted by Gasteiger charge is 2.17. The van der Waals surface area contributed by atoms with Gasteiger partial charge in [0.2, 0.25) is 11.8 Å². The summed E-state index contributed by atoms with van der Waals surface area (Å²) in [5.41, 5.74) is 0.546. The first-order valence-corrected chi connectivity index (χ1v) is 8.76. The molecule has 0 saturated carbocycles. The van der Waals surface area contributed by atoms with Gasteiger partial charge in [0.05, 0.1) is 21.0 Å². The van der Waals surface area contributed by atoms with Crippen molar-refractivity contribution in [2.24, 2.45) is 0 Å². The van der Waals surface area contributed by atoms with Crippen LogP contribution >= 0.6 is 35.0 Å². The van der Waals surface area contributed by atoms with E-state index in [1.807, 2.05) is 0 Å². The number of nitrogens with zero attached hydrogens (tertiary/aromatic N) is 1. The molecule has 2 rings (SSSR count). The minimum atomic E-state index is -0.429. The van der Waals surface area contributed by atoms with Crippen LogP contribution in [-0.2, 0) is 9.59 Å². The minimum Gasteiger partial charge on any atom is -0.360 e. The average molecular weight is 388 g/mol. The second kappa shape index (κ2) is 8.41. The summed E-state index contributed by atoms with van der Waals surface area (Å²) in [6, 6.07) is 6.43. The van der Waals surface area contributed by atoms with Gasteiger partial charge in [0.15, 0.2) is 5.82 Å². The first-order chi connectivity index (χ1) is 11.3. The highest BCUT2D eigenvalue weighted by molar-refractivity contribution is 8.01. The lowest BCUT2D eigenvalue weighted by atomic mass is 10.3. The highest BCUT2D eigenvalue weighted by Crippen LogP contribution is 2.25. The molecule has 0 radical (unpaired) electrons. The van der Waals surface area contributed by atoms with E-state index in [4.69, 9.17) is 27.7 Å². The molecule has 1 aromatic carbocycles. The van der Waals surface area contributed by atoms with Gasteiger partial charge >= 0.3 is 0 Å². The third-order valence-electron chi connectivity index (χ3n) is 2.92. The molecule has 2 aromatic rings. The topological polar surface area (TPSA) is 84.2 Å². The molecule has 1 unspecified atom stereocenters. The van der Waals surface area contributed by atoms with E-state index >= 15 is 0 Å². The zero-order valence-electron chi connectivity index (χ0n) is 12.9. The van der Waals surface area contributed by atoms with E-state index in [1.165, 1.54) is 11.8 Å². The van der Waals surface area contributed by atoms with Crippen molar-refractivity contribution in [3.05, 3.63) is 40.1 Å². The number of rotatable bonds is 6. The number of aryl methyl sites for hydroxylation is 1. The number of hydrogen-bond acceptors (Lipinski definition) is 5. The number of nitrogens with one attached hydrogen (secondary N) is 2. The van der Waals surface area contributed by atoms with Crippen LogP contribution in [0.25, 0.3) is 0 Å². The van der Waals surface area contributed by atoms with Crippen molar-refractivity contribution in [3.63, 3.8) is 0 Å². The highest BCUT2D eigenvalue weighted by atomic mass is 35.5. The monoisotopic (exact) mass is 387 g/mol. The van der Waals surface area contributed by atoms with Crippen molar-refractivity contribution in [3.8, 4) is 0 Å². The molecule has 1 aromatic heterocycles. The Morgan fingerprint density at radius 3 is 2.62 bits per heavy atom. The van der Waals surface area contributed by atoms with Crippen LogP contribution in [0.15, 0.2) is 28.8 Å². The second-order valence-corrected chi connectivity index (χ2v) is 7.09. The van der Waals surface area contributed by atoms with Crippen molar-refractivity contribution in [1.82, 2.24) is 5.16 Å². The maximum Gasteiger partial charge on any atom is 0.238 e. The van der Waals surface area contributed by atoms with Gasteiger partial charge in [-0.2, -0.15) is 0 Å². The van der Waals surface area contributed by atoms with Gasteiger partial charge in [0.25, 0.3) is 0 Å². The number of aromatic nitrogens is 1. The molecule has 0 saturated heterocycles. The van der Waals surface area contributed by atoms with Crippen molar-refractivity contribution >= 4 is 58.3 Å². The predicted octanol–water partition coefficient (Wildman–Crippen LogP) is 3.99. The lowest BCUT2D eigenvalue weighted by molar-refractivity contribution is -0.115. The number of carbonyl (C=O) groups excluding carboxylic acids is 2. The fourth-order valence-electron chi connectivity index (χ4n) is 1.70. The van der Waals surface area contributed by atoms with E-state index in [0.29, 0.717) is 27.3 Å². The fraction of sp³-hybridized carbons (Fsp3) is 0.267. The normalized spacial score (nSPS) is 11.8. The summed E-state index contributed by atoms with van der Waals surface area (Å²) in [5, 5.41) is 9.35. The number of amides is 2. The molecule has 0 aliphatic rings. The smallest absolute Gasteiger partial charge is 0.238 e. The Balaban J connectivity index is 1.79. The number of halogens is 2. The van der Waals surface area contributed by atoms with E-state index in [9.17, 15) is 9.59 Å². The first-order valence-electron chi connectivity index (χ1n) is 6.96. The van der Waals surface area contributed by atoms with Crippen LogP contribution in [0.2, 0.25) is 10.0 Å². The molecule has 6 nitrogen and oxygen atoms in total. The number of hydrogen-bond donors (Lipinski definition) is 2. The maximum atomic E-state index is 12.0. The number of carbonyl (C=O) groups is 2. The Morgan fingerprint density at radius 1 is 1.25 bits per heavy atom. The molecular weight excluding hydrogens is 373 g/mol. The Kier molecular flexibility index (Phi) is 6.53. The summed E-state index contributed by atoms with van der Waals surface area (Å²) in [6.07, 6.45) is 0. The summed E-state index contributed by atoms with van der Waals surface area (Å²) >= 11 is 12.9. The van der Waals surface area contributed by atoms with Crippen molar-refractivity contribution in [2.45, 2.75) is 19.1 Å². The largest absolute Gasteiger partial charge is 0.360 e. The molecule has 1 atom stereocenters. The lowest BCUT2D eigenvalue weighted by Gasteiger charge is -2.11. The molecule has 1 heterocycles. The molecule has 24 heavy (non-hydrogen) atoms. The quantitative estimate of drug-likeness (QED) is 0.782. The maximum absolute atomic E-state index is 12.0. The number of benzene rings is 1. The molecule has 0 spiro atoms. The van der Waals surface area contributed by atoms with Gasteiger partial charge in [-0.25, -0.2) is 0 Å². The minimum absolute atomic E-state index is 0.118. The van der Waals surface area contributed by atoms with E-state index in [2.05, 4.69) is 15.8 Å². The number of anilines is 2. The van der Waals surface area contributed by atoms with Gasteiger partial charge in [-0.1, -0.05) is 28.4 Å². The van der Waals surface area contributed by atoms with E-state index in [-0.39, 0.29) is 17.6 Å². The lowest BCUT2D eigenvalue weighted by Crippen LogP contribution is -2.25. The second-order valence-electron chi connectivity index (χ2n) is 4.94. The standard InChI is InChI=1S/C15H15Cl2N3O3S/c1-8-5-13(20-23-8)19-15(22)9(2)24-7-14(21)18-10-3-4-11(16)12(17)6-10/h3-6,9H,7H2,1-2H3,(H,18,21)(H,19,20,22). The van der Waals surface area contributed by atoms with Gasteiger partial charge in [0, 0.05) is 11.8 Å². The van der Waals surface area contributed by atoms with Crippen molar-refractivity contribution in [1.29, 1.82) is 0 Å². The van der Waals surface area contributed by atoms with Crippen LogP contribution < -0.4 is 10.6 Å². The third kappa shape index (κ3) is 5.43. The summed E-state index contributed by atoms with van der Waals surface area (Å²) in [7, 11) is 0. The summed E-state index contributed by atoms with van der Waals surface area (Å²) in [4.78, 5) is 23.9. The van der Waals surface area contributed by atoms with Crippen LogP contribution in [0, 0.1) is 6.92 Å². The Labute approximate surface area is 153 Å². The zero-order chi connectivity index (χ0) is 17.7. The van der Waals surface area contributed by atoms with Gasteiger partial charge in [-0.05, 0) is 32.0 Å². The van der Waals surface area contributed by atoms with Crippen molar-refractivity contribution in [2.75, 3.05) is 16.4 Å². The molecule has 9 heteroatoms. The van der Waals surface area contributed by atoms with Crippen LogP contribution in [0.4, 0.5) is 11.5 Å². The van der Waals surface area contributed by atoms with E-state index < -0.39 is 5.25 Å². The first kappa shape index (κ1) is 18.6. The van der Waals surface area contributed by atoms with E-state index in [0.717, 1.165) is 0 Å². The van der Waals surface area contributed by atoms with Gasteiger partial charge in [-0.15, -0.1) is 11.8 Å². The molecule has 0 aliphatic carbocycles. The van der Waals surface area contributed by atoms with Gasteiger partial charge < -0.3 is 15.2 Å². The molecule has 0 aliphatic heterocycles. The van der Waals surface area contributed by atoms with Gasteiger partial charge in [0.1, 0.15) is 5.76 Å². The van der Waals surface area contributed by atoms with Crippen LogP contribution in [0.3, 0.4) is 0 Å². The van der Waals surface area contributed by atoms with Gasteiger partial charge in [-0.3, -0.25) is 9.59 Å². The number of thioether (sulfide) groups is 1. The van der Waals surface area contributed by atoms with Crippen LogP contribution in [0.1, 0.15) is 12.7 Å². The molecular formula is C15H15Cl2N3O3S. The molecule has 0 fully saturated rings. The SMILES string of the molecule is Cc1cc(NC(=O)C(C)SCC(=O)Nc2ccc(Cl)c(Cl)c2)no1. The van der Waals surface area contributed by atoms with Crippen LogP contribution in [-0.4, -0.2) is 28.0 Å². The Morgan fingerprint density at radius 2 is 2.00 bits per heavy atom. The molecule has 2 amide bonds. The Bertz CT molecular complexity index is 751. The van der Waals surface area contributed by atoms with E-state index in [1.54, 1.807) is 38.1 Å². The molecule has 0 bridgehead atoms. The summed E-state index contributed by atoms with van der Waals surface area (Å²) in [6.45, 7) is 3.44. The molecule has 128 valence electrons. The summed E-state index contributed by atoms with van der Waals surface area (Å²) < 4.78 is 4.87.